The van der Waals surface area contributed by atoms with E-state index in [1.807, 2.05) is 56.3 Å². The molecule has 0 saturated heterocycles. The van der Waals surface area contributed by atoms with Crippen LogP contribution < -0.4 is 5.32 Å². The summed E-state index contributed by atoms with van der Waals surface area (Å²) in [7, 11) is 0. The molecule has 0 aromatic heterocycles. The molecule has 2 aromatic carbocycles. The summed E-state index contributed by atoms with van der Waals surface area (Å²) < 4.78 is 0. The van der Waals surface area contributed by atoms with Gasteiger partial charge in [-0.3, -0.25) is 4.79 Å². The van der Waals surface area contributed by atoms with Crippen LogP contribution in [0.3, 0.4) is 0 Å². The third kappa shape index (κ3) is 4.55. The molecule has 0 fully saturated rings. The van der Waals surface area contributed by atoms with Crippen molar-refractivity contribution >= 4 is 22.6 Å². The van der Waals surface area contributed by atoms with E-state index in [1.54, 1.807) is 0 Å². The highest BCUT2D eigenvalue weighted by Crippen LogP contribution is 2.20. The first-order valence-corrected chi connectivity index (χ1v) is 8.06. The molecule has 5 nitrogen and oxygen atoms in total. The lowest BCUT2D eigenvalue weighted by atomic mass is 9.98. The second kappa shape index (κ2) is 7.93. The molecule has 0 aliphatic carbocycles. The Bertz CT molecular complexity index is 721. The number of carboxylic acid groups (broad SMARTS) is 1. The zero-order chi connectivity index (χ0) is 17.7. The molecular formula is C19H23NO4. The Morgan fingerprint density at radius 3 is 2.42 bits per heavy atom. The van der Waals surface area contributed by atoms with Gasteiger partial charge in [0, 0.05) is 6.42 Å². The van der Waals surface area contributed by atoms with Crippen molar-refractivity contribution in [2.75, 3.05) is 0 Å². The molecule has 0 unspecified atom stereocenters. The van der Waals surface area contributed by atoms with Gasteiger partial charge in [0.05, 0.1) is 0 Å². The summed E-state index contributed by atoms with van der Waals surface area (Å²) in [5.41, 5.74) is 0.846. The van der Waals surface area contributed by atoms with Crippen LogP contribution in [0.5, 0.6) is 0 Å². The Morgan fingerprint density at radius 2 is 1.75 bits per heavy atom. The summed E-state index contributed by atoms with van der Waals surface area (Å²) in [6.07, 6.45) is -0.733. The molecule has 0 saturated carbocycles. The SMILES string of the molecule is CC(C)C[C@@H](O)C(=O)N[C@@H](Cc1cccc2ccccc12)C(=O)O. The fraction of sp³-hybridized carbons (Fsp3) is 0.368. The molecule has 0 spiro atoms. The van der Waals surface area contributed by atoms with Crippen molar-refractivity contribution in [1.29, 1.82) is 0 Å². The molecule has 128 valence electrons. The maximum atomic E-state index is 12.0. The minimum atomic E-state index is -1.20. The minimum absolute atomic E-state index is 0.145. The van der Waals surface area contributed by atoms with Gasteiger partial charge < -0.3 is 15.5 Å². The Hall–Kier alpha value is -2.40. The number of aliphatic hydroxyl groups is 1. The smallest absolute Gasteiger partial charge is 0.326 e. The third-order valence-electron chi connectivity index (χ3n) is 3.92. The number of carbonyl (C=O) groups excluding carboxylic acids is 1. The van der Waals surface area contributed by atoms with Crippen LogP contribution in [-0.2, 0) is 16.0 Å². The molecule has 0 radical (unpaired) electrons. The average Bonchev–Trinajstić information content (AvgIpc) is 2.53. The number of rotatable bonds is 7. The van der Waals surface area contributed by atoms with Crippen LogP contribution in [0.4, 0.5) is 0 Å². The number of aliphatic hydroxyl groups excluding tert-OH is 1. The van der Waals surface area contributed by atoms with Gasteiger partial charge in [-0.25, -0.2) is 4.79 Å². The molecule has 0 aliphatic rings. The number of carbonyl (C=O) groups is 2. The summed E-state index contributed by atoms with van der Waals surface area (Å²) in [5, 5.41) is 23.7. The van der Waals surface area contributed by atoms with E-state index in [1.165, 1.54) is 0 Å². The number of carboxylic acids is 1. The van der Waals surface area contributed by atoms with Gasteiger partial charge in [-0.2, -0.15) is 0 Å². The topological polar surface area (TPSA) is 86.6 Å². The predicted molar refractivity (Wildman–Crippen MR) is 92.7 cm³/mol. The van der Waals surface area contributed by atoms with E-state index >= 15 is 0 Å². The lowest BCUT2D eigenvalue weighted by Crippen LogP contribution is -2.47. The monoisotopic (exact) mass is 329 g/mol. The molecule has 2 rings (SSSR count). The maximum absolute atomic E-state index is 12.0. The van der Waals surface area contributed by atoms with Gasteiger partial charge >= 0.3 is 5.97 Å². The molecule has 0 aliphatic heterocycles. The summed E-state index contributed by atoms with van der Waals surface area (Å²) in [6.45, 7) is 3.78. The lowest BCUT2D eigenvalue weighted by Gasteiger charge is -2.19. The lowest BCUT2D eigenvalue weighted by molar-refractivity contribution is -0.143. The van der Waals surface area contributed by atoms with Gasteiger partial charge in [-0.15, -0.1) is 0 Å². The van der Waals surface area contributed by atoms with Crippen LogP contribution in [0.1, 0.15) is 25.8 Å². The fourth-order valence-corrected chi connectivity index (χ4v) is 2.71. The van der Waals surface area contributed by atoms with Crippen LogP contribution in [0.15, 0.2) is 42.5 Å². The Balaban J connectivity index is 2.16. The van der Waals surface area contributed by atoms with Crippen molar-refractivity contribution in [3.05, 3.63) is 48.0 Å². The molecule has 2 atom stereocenters. The van der Waals surface area contributed by atoms with Crippen LogP contribution in [0, 0.1) is 5.92 Å². The van der Waals surface area contributed by atoms with Crippen molar-refractivity contribution in [3.8, 4) is 0 Å². The van der Waals surface area contributed by atoms with Gasteiger partial charge in [0.1, 0.15) is 12.1 Å². The number of nitrogens with one attached hydrogen (secondary N) is 1. The third-order valence-corrected chi connectivity index (χ3v) is 3.92. The summed E-state index contributed by atoms with van der Waals surface area (Å²) >= 11 is 0. The second-order valence-corrected chi connectivity index (χ2v) is 6.39. The highest BCUT2D eigenvalue weighted by molar-refractivity contribution is 5.88. The zero-order valence-corrected chi connectivity index (χ0v) is 13.9. The molecule has 2 aromatic rings. The highest BCUT2D eigenvalue weighted by Gasteiger charge is 2.25. The summed E-state index contributed by atoms with van der Waals surface area (Å²) in [5.74, 6) is -1.61. The van der Waals surface area contributed by atoms with Gasteiger partial charge in [0.25, 0.3) is 0 Å². The fourth-order valence-electron chi connectivity index (χ4n) is 2.71. The number of benzene rings is 2. The number of hydrogen-bond donors (Lipinski definition) is 3. The number of fused-ring (bicyclic) bond motifs is 1. The number of amides is 1. The van der Waals surface area contributed by atoms with Crippen LogP contribution in [0.2, 0.25) is 0 Å². The van der Waals surface area contributed by atoms with Crippen LogP contribution in [0.25, 0.3) is 10.8 Å². The first-order valence-electron chi connectivity index (χ1n) is 8.06. The van der Waals surface area contributed by atoms with Gasteiger partial charge in [-0.05, 0) is 28.7 Å². The second-order valence-electron chi connectivity index (χ2n) is 6.39. The molecule has 0 heterocycles. The Morgan fingerprint density at radius 1 is 1.08 bits per heavy atom. The molecule has 3 N–H and O–H groups in total. The number of hydrogen-bond acceptors (Lipinski definition) is 3. The van der Waals surface area contributed by atoms with Crippen molar-refractivity contribution in [2.24, 2.45) is 5.92 Å². The molecule has 0 bridgehead atoms. The summed E-state index contributed by atoms with van der Waals surface area (Å²) in [6, 6.07) is 12.3. The van der Waals surface area contributed by atoms with E-state index in [0.717, 1.165) is 16.3 Å². The van der Waals surface area contributed by atoms with Gasteiger partial charge in [0.2, 0.25) is 5.91 Å². The van der Waals surface area contributed by atoms with Gasteiger partial charge in [0.15, 0.2) is 0 Å². The largest absolute Gasteiger partial charge is 0.480 e. The van der Waals surface area contributed by atoms with Crippen molar-refractivity contribution in [2.45, 2.75) is 38.8 Å². The molecule has 24 heavy (non-hydrogen) atoms. The average molecular weight is 329 g/mol. The Kier molecular flexibility index (Phi) is 5.93. The normalized spacial score (nSPS) is 13.7. The maximum Gasteiger partial charge on any atom is 0.326 e. The molecule has 1 amide bonds. The minimum Gasteiger partial charge on any atom is -0.480 e. The summed E-state index contributed by atoms with van der Waals surface area (Å²) in [4.78, 5) is 23.5. The van der Waals surface area contributed by atoms with E-state index in [0.29, 0.717) is 6.42 Å². The van der Waals surface area contributed by atoms with Crippen molar-refractivity contribution < 1.29 is 19.8 Å². The Labute approximate surface area is 141 Å². The molecule has 5 heteroatoms. The zero-order valence-electron chi connectivity index (χ0n) is 13.9. The van der Waals surface area contributed by atoms with E-state index in [-0.39, 0.29) is 12.3 Å². The van der Waals surface area contributed by atoms with Crippen molar-refractivity contribution in [1.82, 2.24) is 5.32 Å². The van der Waals surface area contributed by atoms with E-state index in [4.69, 9.17) is 0 Å². The predicted octanol–water partition coefficient (Wildman–Crippen LogP) is 2.36. The number of aliphatic carboxylic acids is 1. The van der Waals surface area contributed by atoms with Crippen LogP contribution in [-0.4, -0.2) is 34.2 Å². The molecular weight excluding hydrogens is 306 g/mol. The van der Waals surface area contributed by atoms with E-state index in [9.17, 15) is 19.8 Å². The highest BCUT2D eigenvalue weighted by atomic mass is 16.4. The van der Waals surface area contributed by atoms with Gasteiger partial charge in [-0.1, -0.05) is 56.3 Å². The standard InChI is InChI=1S/C19H23NO4/c1-12(2)10-17(21)18(22)20-16(19(23)24)11-14-8-5-7-13-6-3-4-9-15(13)14/h3-9,12,16-17,21H,10-11H2,1-2H3,(H,20,22)(H,23,24)/t16-,17+/m0/s1. The quantitative estimate of drug-likeness (QED) is 0.728. The van der Waals surface area contributed by atoms with E-state index < -0.39 is 24.0 Å². The van der Waals surface area contributed by atoms with Crippen LogP contribution >= 0.6 is 0 Å². The van der Waals surface area contributed by atoms with E-state index in [2.05, 4.69) is 5.32 Å². The first-order chi connectivity index (χ1) is 11.4. The first kappa shape index (κ1) is 17.9. The van der Waals surface area contributed by atoms with Crippen molar-refractivity contribution in [3.63, 3.8) is 0 Å².